The molecule has 0 aliphatic carbocycles. The van der Waals surface area contributed by atoms with Gasteiger partial charge in [0.15, 0.2) is 29.6 Å². The first-order valence-electron chi connectivity index (χ1n) is 24.5. The van der Waals surface area contributed by atoms with Crippen molar-refractivity contribution in [3.63, 3.8) is 0 Å². The van der Waals surface area contributed by atoms with Gasteiger partial charge in [-0.2, -0.15) is 15.1 Å². The number of piperazine rings is 1. The fourth-order valence-corrected chi connectivity index (χ4v) is 8.54. The van der Waals surface area contributed by atoms with Crippen molar-refractivity contribution in [2.24, 2.45) is 10.9 Å². The lowest BCUT2D eigenvalue weighted by molar-refractivity contribution is 0.111. The molecular weight excluding hydrogens is 937 g/mol. The lowest BCUT2D eigenvalue weighted by atomic mass is 10.1. The number of nitrogen functional groups attached to an aromatic ring is 1. The van der Waals surface area contributed by atoms with E-state index in [-0.39, 0.29) is 23.5 Å². The summed E-state index contributed by atoms with van der Waals surface area (Å²) in [7, 11) is 0. The molecule has 4 aliphatic heterocycles. The summed E-state index contributed by atoms with van der Waals surface area (Å²) < 4.78 is 38.1. The number of carbonyl (C=O) groups excluding carboxylic acids is 1. The van der Waals surface area contributed by atoms with Crippen LogP contribution in [0.2, 0.25) is 0 Å². The van der Waals surface area contributed by atoms with Crippen molar-refractivity contribution in [3.8, 4) is 0 Å². The van der Waals surface area contributed by atoms with Gasteiger partial charge < -0.3 is 45.0 Å². The molecule has 10 rings (SSSR count). The van der Waals surface area contributed by atoms with Crippen LogP contribution in [0.5, 0.6) is 0 Å². The number of piperidine rings is 1. The van der Waals surface area contributed by atoms with Crippen LogP contribution in [0.1, 0.15) is 46.6 Å². The summed E-state index contributed by atoms with van der Waals surface area (Å²) in [5.74, 6) is 5.18. The van der Waals surface area contributed by atoms with Crippen molar-refractivity contribution >= 4 is 70.2 Å². The number of nitrogens with one attached hydrogen (secondary N) is 5. The fourth-order valence-electron chi connectivity index (χ4n) is 8.54. The van der Waals surface area contributed by atoms with E-state index in [1.54, 1.807) is 29.6 Å². The van der Waals surface area contributed by atoms with Crippen LogP contribution in [-0.2, 0) is 9.47 Å². The van der Waals surface area contributed by atoms with E-state index >= 15 is 0 Å². The smallest absolute Gasteiger partial charge is 0.245 e. The number of nitrogens with zero attached hydrogens (tertiary/aromatic N) is 11. The average Bonchev–Trinajstić information content (AvgIpc) is 3.43. The SMILES string of the molecule is Cc1cc(Nc2ccc(/C=N/Nc3ncc(F)c(N4CCOCC4)n3)nc2)cc(N2CCCCC2)c1.Cc1cc(Nc2ccc(C=O)nc2)cc(N2CCNCC2)c1.NNc1ncc(F)c(N2CCOCC2)n1. The molecule has 0 spiro atoms. The summed E-state index contributed by atoms with van der Waals surface area (Å²) in [4.78, 5) is 43.6. The van der Waals surface area contributed by atoms with Crippen molar-refractivity contribution in [3.05, 3.63) is 120 Å². The van der Waals surface area contributed by atoms with E-state index in [0.29, 0.717) is 64.0 Å². The molecule has 0 unspecified atom stereocenters. The zero-order chi connectivity index (χ0) is 50.8. The van der Waals surface area contributed by atoms with Crippen LogP contribution in [0.3, 0.4) is 0 Å². The van der Waals surface area contributed by atoms with Gasteiger partial charge in [0.2, 0.25) is 11.9 Å². The van der Waals surface area contributed by atoms with Gasteiger partial charge in [0, 0.05) is 88.2 Å². The Morgan fingerprint density at radius 3 is 1.60 bits per heavy atom. The first kappa shape index (κ1) is 51.7. The number of anilines is 10. The lowest BCUT2D eigenvalue weighted by Gasteiger charge is -2.30. The topological polar surface area (TPSA) is 224 Å². The molecule has 2 aromatic carbocycles. The van der Waals surface area contributed by atoms with Gasteiger partial charge in [0.1, 0.15) is 5.69 Å². The van der Waals surface area contributed by atoms with E-state index in [0.717, 1.165) is 80.7 Å². The molecule has 8 heterocycles. The van der Waals surface area contributed by atoms with Crippen molar-refractivity contribution in [2.45, 2.75) is 33.1 Å². The van der Waals surface area contributed by atoms with Crippen LogP contribution >= 0.6 is 0 Å². The summed E-state index contributed by atoms with van der Waals surface area (Å²) in [6.07, 6.45) is 11.8. The number of aldehydes is 1. The van der Waals surface area contributed by atoms with Crippen molar-refractivity contribution < 1.29 is 23.0 Å². The number of benzene rings is 2. The Morgan fingerprint density at radius 1 is 0.589 bits per heavy atom. The number of pyridine rings is 2. The van der Waals surface area contributed by atoms with Gasteiger partial charge in [-0.25, -0.2) is 30.0 Å². The number of aromatic nitrogens is 6. The predicted molar refractivity (Wildman–Crippen MR) is 283 cm³/mol. The van der Waals surface area contributed by atoms with E-state index < -0.39 is 11.6 Å². The Labute approximate surface area is 423 Å². The maximum Gasteiger partial charge on any atom is 0.245 e. The average molecular weight is 1000 g/mol. The molecule has 4 aliphatic rings. The van der Waals surface area contributed by atoms with Crippen LogP contribution in [-0.4, -0.2) is 134 Å². The largest absolute Gasteiger partial charge is 0.378 e. The van der Waals surface area contributed by atoms with Crippen LogP contribution in [0.25, 0.3) is 0 Å². The molecule has 0 radical (unpaired) electrons. The van der Waals surface area contributed by atoms with E-state index in [1.807, 2.05) is 23.1 Å². The molecule has 73 heavy (non-hydrogen) atoms. The number of ether oxygens (including phenoxy) is 2. The third kappa shape index (κ3) is 15.2. The summed E-state index contributed by atoms with van der Waals surface area (Å²) in [6, 6.07) is 20.5. The van der Waals surface area contributed by atoms with Crippen molar-refractivity contribution in [2.75, 3.05) is 133 Å². The van der Waals surface area contributed by atoms with E-state index in [1.165, 1.54) is 41.8 Å². The van der Waals surface area contributed by atoms with Crippen LogP contribution in [0.4, 0.5) is 66.4 Å². The molecule has 0 saturated carbocycles. The maximum absolute atomic E-state index is 14.2. The minimum Gasteiger partial charge on any atom is -0.378 e. The molecule has 6 aromatic rings. The summed E-state index contributed by atoms with van der Waals surface area (Å²) in [6.45, 7) is 15.2. The van der Waals surface area contributed by atoms with Crippen LogP contribution in [0, 0.1) is 25.5 Å². The van der Waals surface area contributed by atoms with Crippen LogP contribution in [0.15, 0.2) is 90.6 Å². The lowest BCUT2D eigenvalue weighted by Crippen LogP contribution is -2.43. The Hall–Kier alpha value is -7.66. The Bertz CT molecular complexity index is 2730. The molecule has 22 heteroatoms. The molecule has 7 N–H and O–H groups in total. The molecule has 4 saturated heterocycles. The van der Waals surface area contributed by atoms with E-state index in [2.05, 4.69) is 122 Å². The van der Waals surface area contributed by atoms with Crippen molar-refractivity contribution in [1.29, 1.82) is 0 Å². The van der Waals surface area contributed by atoms with Gasteiger partial charge in [-0.1, -0.05) is 0 Å². The van der Waals surface area contributed by atoms with Gasteiger partial charge in [-0.15, -0.1) is 0 Å². The normalized spacial score (nSPS) is 15.9. The molecule has 4 aromatic heterocycles. The third-order valence-electron chi connectivity index (χ3n) is 12.2. The molecule has 20 nitrogen and oxygen atoms in total. The minimum absolute atomic E-state index is 0.206. The summed E-state index contributed by atoms with van der Waals surface area (Å²) in [5, 5.41) is 14.3. The van der Waals surface area contributed by atoms with Gasteiger partial charge in [0.05, 0.1) is 74.5 Å². The fraction of sp³-hybridized carbons (Fsp3) is 0.373. The maximum atomic E-state index is 14.2. The second-order valence-corrected chi connectivity index (χ2v) is 17.7. The van der Waals surface area contributed by atoms with E-state index in [4.69, 9.17) is 15.3 Å². The number of halogens is 2. The third-order valence-corrected chi connectivity index (χ3v) is 12.2. The number of nitrogens with two attached hydrogens (primary N) is 1. The highest BCUT2D eigenvalue weighted by Gasteiger charge is 2.20. The highest BCUT2D eigenvalue weighted by atomic mass is 19.1. The summed E-state index contributed by atoms with van der Waals surface area (Å²) in [5.41, 5.74) is 15.0. The first-order valence-corrected chi connectivity index (χ1v) is 24.5. The number of carbonyl (C=O) groups is 1. The zero-order valence-corrected chi connectivity index (χ0v) is 41.2. The monoisotopic (exact) mass is 1000 g/mol. The number of hydrazone groups is 1. The second kappa shape index (κ2) is 26.2. The highest BCUT2D eigenvalue weighted by Crippen LogP contribution is 2.28. The van der Waals surface area contributed by atoms with Gasteiger partial charge in [-0.05, 0) is 105 Å². The Morgan fingerprint density at radius 2 is 1.10 bits per heavy atom. The van der Waals surface area contributed by atoms with Crippen LogP contribution < -0.4 is 52.2 Å². The standard InChI is InChI=1S/C26H31FN8O.C17H20N4O.C8H12FN5O/c1-19-13-22(15-23(14-19)34-7-3-2-4-8-34)31-21-6-5-20(28-16-21)17-30-33-26-29-18-24(27)25(32-26)35-9-11-36-12-10-35;1-13-8-16(20-14-2-3-15(12-22)19-11-14)10-17(9-13)21-6-4-18-5-7-21;9-6-5-11-8(13-10)12-7(6)14-1-3-15-4-2-14/h5-6,13-18,31H,2-4,7-12H2,1H3,(H,29,32,33);2-3,8-12,18,20H,4-7H2,1H3;5H,1-4,10H2,(H,11,12,13)/b30-17+;;. The number of hydrazine groups is 1. The number of hydrogen-bond donors (Lipinski definition) is 6. The predicted octanol–water partition coefficient (Wildman–Crippen LogP) is 6.43. The number of aryl methyl sites for hydroxylation is 2. The molecule has 0 atom stereocenters. The minimum atomic E-state index is -0.465. The molecule has 0 bridgehead atoms. The first-order chi connectivity index (χ1) is 35.7. The van der Waals surface area contributed by atoms with Gasteiger partial charge in [0.25, 0.3) is 0 Å². The second-order valence-electron chi connectivity index (χ2n) is 17.7. The van der Waals surface area contributed by atoms with Gasteiger partial charge in [-0.3, -0.25) is 20.2 Å². The molecule has 4 fully saturated rings. The quantitative estimate of drug-likeness (QED) is 0.0317. The highest BCUT2D eigenvalue weighted by molar-refractivity contribution is 5.78. The molecule has 384 valence electrons. The van der Waals surface area contributed by atoms with E-state index in [9.17, 15) is 13.6 Å². The number of rotatable bonds is 13. The zero-order valence-electron chi connectivity index (χ0n) is 41.2. The Balaban J connectivity index is 0.000000162. The molecule has 0 amide bonds. The molecular formula is C51H63F2N17O3. The van der Waals surface area contributed by atoms with Crippen molar-refractivity contribution in [1.82, 2.24) is 35.2 Å². The number of morpholine rings is 2. The summed E-state index contributed by atoms with van der Waals surface area (Å²) >= 11 is 0. The Kier molecular flexibility index (Phi) is 18.5. The van der Waals surface area contributed by atoms with Gasteiger partial charge >= 0.3 is 0 Å². The number of hydrogen-bond acceptors (Lipinski definition) is 20.